The Hall–Kier alpha value is -0.560. The van der Waals surface area contributed by atoms with Crippen LogP contribution in [0.1, 0.15) is 16.5 Å². The first-order chi connectivity index (χ1) is 9.15. The zero-order chi connectivity index (χ0) is 13.4. The predicted octanol–water partition coefficient (Wildman–Crippen LogP) is 4.13. The van der Waals surface area contributed by atoms with Crippen molar-refractivity contribution in [3.05, 3.63) is 43.0 Å². The van der Waals surface area contributed by atoms with Crippen LogP contribution in [0.3, 0.4) is 0 Å². The molecule has 0 radical (unpaired) electrons. The number of fused-ring (bicyclic) bond motifs is 1. The molecule has 2 heterocycles. The number of aliphatic hydroxyl groups excluding tert-OH is 1. The van der Waals surface area contributed by atoms with Gasteiger partial charge in [-0.1, -0.05) is 15.9 Å². The molecule has 6 heteroatoms. The van der Waals surface area contributed by atoms with Crippen molar-refractivity contribution in [3.8, 4) is 11.5 Å². The van der Waals surface area contributed by atoms with Crippen molar-refractivity contribution >= 4 is 43.2 Å². The molecule has 100 valence electrons. The monoisotopic (exact) mass is 404 g/mol. The van der Waals surface area contributed by atoms with E-state index in [0.29, 0.717) is 24.7 Å². The fourth-order valence-corrected chi connectivity index (χ4v) is 3.89. The average molecular weight is 406 g/mol. The van der Waals surface area contributed by atoms with Crippen LogP contribution in [0, 0.1) is 0 Å². The Morgan fingerprint density at radius 2 is 1.79 bits per heavy atom. The lowest BCUT2D eigenvalue weighted by atomic mass is 10.1. The van der Waals surface area contributed by atoms with E-state index in [2.05, 4.69) is 31.9 Å². The summed E-state index contributed by atoms with van der Waals surface area (Å²) in [7, 11) is 0. The lowest BCUT2D eigenvalue weighted by molar-refractivity contribution is 0.169. The number of aliphatic hydroxyl groups is 1. The molecule has 0 saturated carbocycles. The van der Waals surface area contributed by atoms with Crippen molar-refractivity contribution < 1.29 is 14.6 Å². The van der Waals surface area contributed by atoms with Gasteiger partial charge in [-0.3, -0.25) is 0 Å². The molecule has 1 aromatic carbocycles. The number of benzene rings is 1. The van der Waals surface area contributed by atoms with Crippen LogP contribution in [-0.2, 0) is 0 Å². The van der Waals surface area contributed by atoms with Gasteiger partial charge in [0.05, 0.1) is 3.79 Å². The van der Waals surface area contributed by atoms with Crippen molar-refractivity contribution in [1.82, 2.24) is 0 Å². The second kappa shape index (κ2) is 5.44. The van der Waals surface area contributed by atoms with E-state index in [0.717, 1.165) is 18.7 Å². The van der Waals surface area contributed by atoms with Crippen LogP contribution < -0.4 is 9.47 Å². The Morgan fingerprint density at radius 3 is 2.42 bits per heavy atom. The van der Waals surface area contributed by atoms with Gasteiger partial charge in [0.1, 0.15) is 19.3 Å². The number of rotatable bonds is 2. The molecule has 0 saturated heterocycles. The Labute approximate surface area is 131 Å². The Balaban J connectivity index is 2.00. The summed E-state index contributed by atoms with van der Waals surface area (Å²) >= 11 is 8.39. The van der Waals surface area contributed by atoms with Crippen LogP contribution in [0.4, 0.5) is 0 Å². The first-order valence-corrected chi connectivity index (χ1v) is 8.08. The van der Waals surface area contributed by atoms with Crippen LogP contribution >= 0.6 is 43.2 Å². The van der Waals surface area contributed by atoms with E-state index in [1.54, 1.807) is 0 Å². The zero-order valence-electron chi connectivity index (χ0n) is 9.73. The Morgan fingerprint density at radius 1 is 1.11 bits per heavy atom. The van der Waals surface area contributed by atoms with Gasteiger partial charge in [0.25, 0.3) is 0 Å². The minimum absolute atomic E-state index is 0.536. The van der Waals surface area contributed by atoms with Crippen molar-refractivity contribution in [2.75, 3.05) is 13.2 Å². The molecule has 1 aromatic heterocycles. The molecule has 1 N–H and O–H groups in total. The minimum atomic E-state index is -0.679. The molecule has 0 fully saturated rings. The molecular weight excluding hydrogens is 396 g/mol. The summed E-state index contributed by atoms with van der Waals surface area (Å²) in [5.41, 5.74) is 0.776. The summed E-state index contributed by atoms with van der Waals surface area (Å²) < 4.78 is 12.9. The number of halogens is 2. The van der Waals surface area contributed by atoms with Crippen LogP contribution in [0.5, 0.6) is 11.5 Å². The standard InChI is InChI=1S/C13H10Br2O3S/c14-8-6-10-9(17-3-4-18-10)5-7(8)13(16)11-1-2-12(15)19-11/h1-2,5-6,13,16H,3-4H2. The average Bonchev–Trinajstić information content (AvgIpc) is 2.84. The van der Waals surface area contributed by atoms with E-state index in [9.17, 15) is 5.11 Å². The number of hydrogen-bond acceptors (Lipinski definition) is 4. The highest BCUT2D eigenvalue weighted by atomic mass is 79.9. The highest BCUT2D eigenvalue weighted by Crippen LogP contribution is 2.41. The van der Waals surface area contributed by atoms with E-state index in [1.807, 2.05) is 24.3 Å². The summed E-state index contributed by atoms with van der Waals surface area (Å²) in [5.74, 6) is 1.39. The summed E-state index contributed by atoms with van der Waals surface area (Å²) in [6, 6.07) is 7.50. The maximum absolute atomic E-state index is 10.5. The highest BCUT2D eigenvalue weighted by Gasteiger charge is 2.21. The topological polar surface area (TPSA) is 38.7 Å². The van der Waals surface area contributed by atoms with Crippen LogP contribution in [0.15, 0.2) is 32.5 Å². The summed E-state index contributed by atoms with van der Waals surface area (Å²) in [6.07, 6.45) is -0.679. The Kier molecular flexibility index (Phi) is 3.84. The molecule has 0 aliphatic carbocycles. The van der Waals surface area contributed by atoms with E-state index in [-0.39, 0.29) is 0 Å². The minimum Gasteiger partial charge on any atom is -0.486 e. The summed E-state index contributed by atoms with van der Waals surface area (Å²) in [6.45, 7) is 1.09. The normalized spacial score (nSPS) is 15.3. The van der Waals surface area contributed by atoms with Crippen LogP contribution in [0.25, 0.3) is 0 Å². The quantitative estimate of drug-likeness (QED) is 0.816. The van der Waals surface area contributed by atoms with Gasteiger partial charge < -0.3 is 14.6 Å². The molecule has 0 spiro atoms. The van der Waals surface area contributed by atoms with Crippen LogP contribution in [0.2, 0.25) is 0 Å². The molecule has 0 amide bonds. The van der Waals surface area contributed by atoms with Gasteiger partial charge in [-0.2, -0.15) is 0 Å². The van der Waals surface area contributed by atoms with Crippen LogP contribution in [-0.4, -0.2) is 18.3 Å². The third-order valence-corrected chi connectivity index (χ3v) is 5.18. The molecule has 1 unspecified atom stereocenters. The summed E-state index contributed by atoms with van der Waals surface area (Å²) in [5, 5.41) is 10.5. The molecule has 1 atom stereocenters. The summed E-state index contributed by atoms with van der Waals surface area (Å²) in [4.78, 5) is 0.879. The number of thiophene rings is 1. The van der Waals surface area contributed by atoms with E-state index in [4.69, 9.17) is 9.47 Å². The van der Waals surface area contributed by atoms with Gasteiger partial charge in [-0.25, -0.2) is 0 Å². The Bertz CT molecular complexity index is 612. The van der Waals surface area contributed by atoms with Crippen molar-refractivity contribution in [3.63, 3.8) is 0 Å². The first-order valence-electron chi connectivity index (χ1n) is 5.67. The predicted molar refractivity (Wildman–Crippen MR) is 81.2 cm³/mol. The molecule has 3 rings (SSSR count). The lowest BCUT2D eigenvalue weighted by Crippen LogP contribution is -2.16. The first kappa shape index (κ1) is 13.4. The molecule has 19 heavy (non-hydrogen) atoms. The second-order valence-electron chi connectivity index (χ2n) is 4.06. The van der Waals surface area contributed by atoms with Crippen molar-refractivity contribution in [2.24, 2.45) is 0 Å². The van der Waals surface area contributed by atoms with Gasteiger partial charge >= 0.3 is 0 Å². The van der Waals surface area contributed by atoms with Gasteiger partial charge in [0.2, 0.25) is 0 Å². The van der Waals surface area contributed by atoms with Gasteiger partial charge in [0.15, 0.2) is 11.5 Å². The third-order valence-electron chi connectivity index (χ3n) is 2.82. The van der Waals surface area contributed by atoms with Crippen molar-refractivity contribution in [2.45, 2.75) is 6.10 Å². The van der Waals surface area contributed by atoms with Gasteiger partial charge in [0, 0.05) is 14.9 Å². The maximum atomic E-state index is 10.5. The van der Waals surface area contributed by atoms with E-state index >= 15 is 0 Å². The fourth-order valence-electron chi connectivity index (χ4n) is 1.92. The maximum Gasteiger partial charge on any atom is 0.162 e. The van der Waals surface area contributed by atoms with Crippen molar-refractivity contribution in [1.29, 1.82) is 0 Å². The molecule has 1 aliphatic rings. The molecule has 2 aromatic rings. The SMILES string of the molecule is OC(c1ccc(Br)s1)c1cc2c(cc1Br)OCCO2. The lowest BCUT2D eigenvalue weighted by Gasteiger charge is -2.21. The molecule has 1 aliphatic heterocycles. The number of ether oxygens (including phenoxy) is 2. The highest BCUT2D eigenvalue weighted by molar-refractivity contribution is 9.11. The second-order valence-corrected chi connectivity index (χ2v) is 7.41. The van der Waals surface area contributed by atoms with Gasteiger partial charge in [-0.05, 0) is 40.2 Å². The molecule has 3 nitrogen and oxygen atoms in total. The third kappa shape index (κ3) is 2.67. The van der Waals surface area contributed by atoms with E-state index in [1.165, 1.54) is 11.3 Å². The zero-order valence-corrected chi connectivity index (χ0v) is 13.7. The van der Waals surface area contributed by atoms with Gasteiger partial charge in [-0.15, -0.1) is 11.3 Å². The molecular formula is C13H10Br2O3S. The molecule has 0 bridgehead atoms. The smallest absolute Gasteiger partial charge is 0.162 e. The number of hydrogen-bond donors (Lipinski definition) is 1. The van der Waals surface area contributed by atoms with E-state index < -0.39 is 6.10 Å². The fraction of sp³-hybridized carbons (Fsp3) is 0.231. The largest absolute Gasteiger partial charge is 0.486 e.